The first kappa shape index (κ1) is 11.0. The van der Waals surface area contributed by atoms with Crippen LogP contribution in [-0.2, 0) is 0 Å². The molecule has 0 aliphatic rings. The van der Waals surface area contributed by atoms with E-state index in [1.165, 1.54) is 5.01 Å². The molecule has 0 aliphatic carbocycles. The minimum atomic E-state index is 0.0825. The van der Waals surface area contributed by atoms with Crippen molar-refractivity contribution in [2.75, 3.05) is 19.6 Å². The van der Waals surface area contributed by atoms with Crippen LogP contribution in [0.5, 0.6) is 0 Å². The summed E-state index contributed by atoms with van der Waals surface area (Å²) in [6.07, 6.45) is 1.49. The third kappa shape index (κ3) is 3.97. The molecule has 0 saturated carbocycles. The van der Waals surface area contributed by atoms with Crippen LogP contribution in [-0.4, -0.2) is 29.6 Å². The zero-order valence-electron chi connectivity index (χ0n) is 7.27. The highest BCUT2D eigenvalue weighted by atomic mass is 16.6. The Bertz CT molecular complexity index is 140. The Balaban J connectivity index is 3.85. The van der Waals surface area contributed by atoms with Crippen LogP contribution in [0.1, 0.15) is 19.8 Å². The Morgan fingerprint density at radius 2 is 2.17 bits per heavy atom. The summed E-state index contributed by atoms with van der Waals surface area (Å²) in [7, 11) is 0. The van der Waals surface area contributed by atoms with Crippen molar-refractivity contribution in [3.05, 3.63) is 10.4 Å². The maximum absolute atomic E-state index is 10.7. The predicted octanol–water partition coefficient (Wildman–Crippen LogP) is 0.423. The molecule has 2 N–H and O–H groups in total. The molecular formula is C6H15N4O2-. The lowest BCUT2D eigenvalue weighted by Gasteiger charge is -2.18. The van der Waals surface area contributed by atoms with Crippen molar-refractivity contribution in [2.45, 2.75) is 19.8 Å². The SMILES string of the molecule is CCCN(CCCN)/[N+]([O-])=N/[O-]. The van der Waals surface area contributed by atoms with E-state index in [9.17, 15) is 10.4 Å². The van der Waals surface area contributed by atoms with Crippen molar-refractivity contribution in [1.29, 1.82) is 0 Å². The normalized spacial score (nSPS) is 11.7. The van der Waals surface area contributed by atoms with E-state index < -0.39 is 0 Å². The molecule has 0 aromatic carbocycles. The van der Waals surface area contributed by atoms with E-state index in [0.29, 0.717) is 26.1 Å². The Kier molecular flexibility index (Phi) is 6.08. The summed E-state index contributed by atoms with van der Waals surface area (Å²) in [5, 5.41) is 24.2. The highest BCUT2D eigenvalue weighted by molar-refractivity contribution is 4.45. The van der Waals surface area contributed by atoms with Crippen molar-refractivity contribution in [3.63, 3.8) is 0 Å². The molecule has 0 spiro atoms. The van der Waals surface area contributed by atoms with Gasteiger partial charge in [0.15, 0.2) is 0 Å². The molecule has 0 radical (unpaired) electrons. The fourth-order valence-corrected chi connectivity index (χ4v) is 0.866. The van der Waals surface area contributed by atoms with Gasteiger partial charge in [0.25, 0.3) is 0 Å². The third-order valence-corrected chi connectivity index (χ3v) is 1.41. The van der Waals surface area contributed by atoms with Gasteiger partial charge in [0, 0.05) is 4.97 Å². The Morgan fingerprint density at radius 1 is 1.50 bits per heavy atom. The Labute approximate surface area is 71.8 Å². The van der Waals surface area contributed by atoms with E-state index in [-0.39, 0.29) is 4.97 Å². The number of hydrogen-bond acceptors (Lipinski definition) is 4. The summed E-state index contributed by atoms with van der Waals surface area (Å²) in [5.74, 6) is 0. The van der Waals surface area contributed by atoms with E-state index in [2.05, 4.69) is 5.28 Å². The maximum Gasteiger partial charge on any atom is 0.0779 e. The molecule has 0 atom stereocenters. The van der Waals surface area contributed by atoms with Crippen molar-refractivity contribution in [2.24, 2.45) is 11.0 Å². The first-order valence-electron chi connectivity index (χ1n) is 4.01. The highest BCUT2D eigenvalue weighted by Gasteiger charge is 2.07. The minimum absolute atomic E-state index is 0.0825. The van der Waals surface area contributed by atoms with E-state index in [1.807, 2.05) is 6.92 Å². The van der Waals surface area contributed by atoms with Crippen LogP contribution in [0.4, 0.5) is 0 Å². The molecule has 72 valence electrons. The summed E-state index contributed by atoms with van der Waals surface area (Å²) in [4.78, 5) is 0.0825. The molecule has 0 unspecified atom stereocenters. The number of nitrogens with zero attached hydrogens (tertiary/aromatic N) is 3. The average molecular weight is 175 g/mol. The second-order valence-electron chi connectivity index (χ2n) is 2.43. The Hall–Kier alpha value is -1.04. The van der Waals surface area contributed by atoms with Gasteiger partial charge in [0.05, 0.1) is 13.1 Å². The van der Waals surface area contributed by atoms with Gasteiger partial charge in [0.1, 0.15) is 0 Å². The summed E-state index contributed by atoms with van der Waals surface area (Å²) >= 11 is 0. The average Bonchev–Trinajstić information content (AvgIpc) is 2.11. The quantitative estimate of drug-likeness (QED) is 0.360. The molecule has 0 rings (SSSR count). The van der Waals surface area contributed by atoms with Crippen LogP contribution in [0.3, 0.4) is 0 Å². The second-order valence-corrected chi connectivity index (χ2v) is 2.43. The van der Waals surface area contributed by atoms with Gasteiger partial charge in [-0.15, -0.1) is 5.01 Å². The summed E-state index contributed by atoms with van der Waals surface area (Å²) in [6.45, 7) is 3.45. The fraction of sp³-hybridized carbons (Fsp3) is 1.00. The van der Waals surface area contributed by atoms with Gasteiger partial charge in [-0.1, -0.05) is 6.92 Å². The second kappa shape index (κ2) is 6.66. The number of nitrogens with two attached hydrogens (primary N) is 1. The molecule has 12 heavy (non-hydrogen) atoms. The fourth-order valence-electron chi connectivity index (χ4n) is 0.866. The van der Waals surface area contributed by atoms with Crippen LogP contribution in [0.25, 0.3) is 0 Å². The van der Waals surface area contributed by atoms with Gasteiger partial charge in [-0.25, -0.2) is 0 Å². The van der Waals surface area contributed by atoms with Crippen molar-refractivity contribution in [3.8, 4) is 0 Å². The van der Waals surface area contributed by atoms with Gasteiger partial charge in [-0.3, -0.25) is 0 Å². The molecular weight excluding hydrogens is 160 g/mol. The van der Waals surface area contributed by atoms with Gasteiger partial charge in [-0.05, 0) is 24.7 Å². The third-order valence-electron chi connectivity index (χ3n) is 1.41. The van der Waals surface area contributed by atoms with E-state index in [0.717, 1.165) is 6.42 Å². The lowest BCUT2D eigenvalue weighted by molar-refractivity contribution is -0.690. The van der Waals surface area contributed by atoms with Crippen LogP contribution in [0.2, 0.25) is 0 Å². The topological polar surface area (TPSA) is 90.8 Å². The van der Waals surface area contributed by atoms with Gasteiger partial charge >= 0.3 is 0 Å². The van der Waals surface area contributed by atoms with Crippen LogP contribution < -0.4 is 5.73 Å². The number of hydrazine groups is 1. The smallest absolute Gasteiger partial charge is 0.0779 e. The standard InChI is InChI=1S/C6H16N4O2/c1-2-5-9(6-3-4-7)10(12)8-11/h11H,2-7H2,1H3/p-1/b10-8-. The zero-order chi connectivity index (χ0) is 9.40. The molecule has 6 nitrogen and oxygen atoms in total. The molecule has 0 aromatic rings. The minimum Gasteiger partial charge on any atom is -0.737 e. The Morgan fingerprint density at radius 3 is 2.58 bits per heavy atom. The van der Waals surface area contributed by atoms with Crippen molar-refractivity contribution >= 4 is 0 Å². The van der Waals surface area contributed by atoms with Gasteiger partial charge in [-0.2, -0.15) is 0 Å². The molecule has 0 heterocycles. The van der Waals surface area contributed by atoms with Gasteiger partial charge < -0.3 is 16.1 Å². The summed E-state index contributed by atoms with van der Waals surface area (Å²) < 4.78 is 0. The van der Waals surface area contributed by atoms with Crippen LogP contribution in [0, 0.1) is 10.4 Å². The van der Waals surface area contributed by atoms with Crippen LogP contribution in [0.15, 0.2) is 5.28 Å². The monoisotopic (exact) mass is 175 g/mol. The van der Waals surface area contributed by atoms with E-state index in [4.69, 9.17) is 5.73 Å². The van der Waals surface area contributed by atoms with Crippen molar-refractivity contribution < 1.29 is 4.97 Å². The first-order valence-corrected chi connectivity index (χ1v) is 4.01. The molecule has 0 aliphatic heterocycles. The first-order chi connectivity index (χ1) is 5.76. The predicted molar refractivity (Wildman–Crippen MR) is 45.0 cm³/mol. The maximum atomic E-state index is 10.7. The number of hydrogen-bond donors (Lipinski definition) is 1. The molecule has 0 amide bonds. The lowest BCUT2D eigenvalue weighted by atomic mass is 10.4. The molecule has 6 heteroatoms. The molecule has 0 aromatic heterocycles. The van der Waals surface area contributed by atoms with E-state index in [1.54, 1.807) is 0 Å². The summed E-state index contributed by atoms with van der Waals surface area (Å²) in [6, 6.07) is 0. The largest absolute Gasteiger partial charge is 0.737 e. The molecule has 0 fully saturated rings. The highest BCUT2D eigenvalue weighted by Crippen LogP contribution is 1.94. The van der Waals surface area contributed by atoms with Crippen LogP contribution >= 0.6 is 0 Å². The molecule has 0 saturated heterocycles. The lowest BCUT2D eigenvalue weighted by Crippen LogP contribution is -2.33. The molecule has 0 bridgehead atoms. The number of rotatable bonds is 6. The summed E-state index contributed by atoms with van der Waals surface area (Å²) in [5.41, 5.74) is 5.26. The van der Waals surface area contributed by atoms with E-state index >= 15 is 0 Å². The van der Waals surface area contributed by atoms with Gasteiger partial charge in [0.2, 0.25) is 0 Å². The van der Waals surface area contributed by atoms with Crippen molar-refractivity contribution in [1.82, 2.24) is 5.01 Å². The zero-order valence-corrected chi connectivity index (χ0v) is 7.27.